The van der Waals surface area contributed by atoms with Gasteiger partial charge in [0.25, 0.3) is 11.8 Å². The predicted octanol–water partition coefficient (Wildman–Crippen LogP) is -3.62. The van der Waals surface area contributed by atoms with Crippen LogP contribution in [0.2, 0.25) is 0 Å². The van der Waals surface area contributed by atoms with E-state index in [9.17, 15) is 68.4 Å². The maximum atomic E-state index is 14.6. The maximum absolute atomic E-state index is 14.6. The Morgan fingerprint density at radius 3 is 2.23 bits per heavy atom. The molecule has 2 aromatic rings. The van der Waals surface area contributed by atoms with Crippen molar-refractivity contribution in [2.75, 3.05) is 25.4 Å². The predicted molar refractivity (Wildman–Crippen MR) is 232 cm³/mol. The van der Waals surface area contributed by atoms with E-state index < -0.39 is 145 Å². The number of Topliss-reactive ketones (excluding diaryl/α,β-unsaturated/α-hetero) is 2. The number of carbonyl (C=O) groups excluding carboxylic acids is 10. The third-order valence-corrected chi connectivity index (χ3v) is 13.1. The maximum Gasteiger partial charge on any atom is 0.254 e. The quantitative estimate of drug-likeness (QED) is 0.114. The SMILES string of the molecule is CC(O)[C@H]1NC(=O)[C@H](C)NC(=O)[C@H](C[C@@](C)(O)CO)NC(=O)[C@H]2CC(=O)[C@H](C)NC(=O)C3C[C@@H](O)CN3C(=O)[C@@H](CSc3[nH]c4ccc(CC(=O)CN5C(=O)C=CC5=O)cc4c3C2)NC1=O. The van der Waals surface area contributed by atoms with Crippen LogP contribution in [-0.4, -0.2) is 174 Å². The van der Waals surface area contributed by atoms with Gasteiger partial charge in [0.1, 0.15) is 30.2 Å². The van der Waals surface area contributed by atoms with E-state index in [0.717, 1.165) is 33.7 Å². The molecule has 0 aliphatic carbocycles. The molecule has 10 atom stereocenters. The Morgan fingerprint density at radius 1 is 0.879 bits per heavy atom. The smallest absolute Gasteiger partial charge is 0.254 e. The lowest BCUT2D eigenvalue weighted by Crippen LogP contribution is -2.61. The average Bonchev–Trinajstić information content (AvgIpc) is 3.92. The van der Waals surface area contributed by atoms with Gasteiger partial charge in [0, 0.05) is 67.0 Å². The standard InChI is InChI=1S/C43H54N8O14S/c1-19-32(56)12-23-11-27-26-10-22(9-24(54)16-51-33(57)7-8-34(51)58)5-6-28(26)48-41(27)66-17-30(42(64)50-15-25(55)13-31(50)39(62)44-19)47-40(63)35(21(3)53)49-36(59)20(2)45-38(61)29(46-37(23)60)14-43(4,65)18-52/h5-8,10,19-21,23,25,29-31,35,48,52-53,55,65H,9,11-18H2,1-4H3,(H,44,62)(H,45,61)(H,46,60)(H,47,63)(H,49,59)/t19-,20-,21?,23+,25+,29-,30+,31?,35+,43+/m0/s1. The Bertz CT molecular complexity index is 2350. The molecule has 0 radical (unpaired) electrons. The lowest BCUT2D eigenvalue weighted by molar-refractivity contribution is -0.142. The molecule has 1 aromatic heterocycles. The van der Waals surface area contributed by atoms with Crippen molar-refractivity contribution in [1.82, 2.24) is 41.4 Å². The number of nitrogens with zero attached hydrogens (tertiary/aromatic N) is 2. The fraction of sp³-hybridized carbons (Fsp3) is 0.535. The molecule has 1 fully saturated rings. The van der Waals surface area contributed by atoms with Crippen molar-refractivity contribution in [1.29, 1.82) is 0 Å². The number of aliphatic hydroxyl groups is 4. The van der Waals surface area contributed by atoms with Crippen LogP contribution in [0.15, 0.2) is 35.4 Å². The third kappa shape index (κ3) is 11.3. The number of fused-ring (bicyclic) bond motifs is 5. The van der Waals surface area contributed by atoms with Crippen molar-refractivity contribution in [3.05, 3.63) is 41.5 Å². The van der Waals surface area contributed by atoms with Gasteiger partial charge in [-0.15, -0.1) is 11.8 Å². The number of aromatic nitrogens is 1. The Kier molecular flexibility index (Phi) is 15.2. The number of hydrogen-bond donors (Lipinski definition) is 10. The first kappa shape index (κ1) is 49.4. The fourth-order valence-electron chi connectivity index (χ4n) is 8.24. The van der Waals surface area contributed by atoms with Crippen molar-refractivity contribution in [3.63, 3.8) is 0 Å². The summed E-state index contributed by atoms with van der Waals surface area (Å²) in [7, 11) is 0. The Morgan fingerprint density at radius 2 is 1.56 bits per heavy atom. The van der Waals surface area contributed by atoms with Crippen LogP contribution in [0.4, 0.5) is 0 Å². The van der Waals surface area contributed by atoms with E-state index in [1.54, 1.807) is 18.2 Å². The highest BCUT2D eigenvalue weighted by Crippen LogP contribution is 2.35. The van der Waals surface area contributed by atoms with Crippen LogP contribution in [0.25, 0.3) is 10.9 Å². The average molecular weight is 939 g/mol. The topological polar surface area (TPSA) is 334 Å². The minimum atomic E-state index is -1.96. The number of imide groups is 1. The summed E-state index contributed by atoms with van der Waals surface area (Å²) in [6.07, 6.45) is -2.48. The molecule has 2 bridgehead atoms. The van der Waals surface area contributed by atoms with Gasteiger partial charge in [-0.2, -0.15) is 0 Å². The van der Waals surface area contributed by atoms with Crippen LogP contribution >= 0.6 is 11.8 Å². The number of ketones is 2. The molecule has 10 N–H and O–H groups in total. The molecule has 0 saturated carbocycles. The van der Waals surface area contributed by atoms with Crippen molar-refractivity contribution in [3.8, 4) is 0 Å². The zero-order valence-electron chi connectivity index (χ0n) is 36.6. The van der Waals surface area contributed by atoms with E-state index in [-0.39, 0.29) is 31.6 Å². The largest absolute Gasteiger partial charge is 0.393 e. The lowest BCUT2D eigenvalue weighted by atomic mass is 9.89. The van der Waals surface area contributed by atoms with Crippen LogP contribution in [0.1, 0.15) is 58.1 Å². The van der Waals surface area contributed by atoms with E-state index in [1.165, 1.54) is 27.7 Å². The van der Waals surface area contributed by atoms with Gasteiger partial charge < -0.3 is 56.9 Å². The summed E-state index contributed by atoms with van der Waals surface area (Å²) in [6, 6.07) is -3.96. The highest BCUT2D eigenvalue weighted by Gasteiger charge is 2.44. The van der Waals surface area contributed by atoms with Gasteiger partial charge in [-0.25, -0.2) is 0 Å². The number of aromatic amines is 1. The molecular formula is C43H54N8O14S. The van der Waals surface area contributed by atoms with E-state index in [4.69, 9.17) is 0 Å². The number of thioether (sulfide) groups is 1. The number of benzene rings is 1. The molecule has 1 aromatic carbocycles. The first-order valence-corrected chi connectivity index (χ1v) is 22.4. The molecule has 6 rings (SSSR count). The van der Waals surface area contributed by atoms with Crippen LogP contribution in [0, 0.1) is 5.92 Å². The van der Waals surface area contributed by atoms with Gasteiger partial charge in [-0.05, 0) is 57.4 Å². The zero-order chi connectivity index (χ0) is 48.4. The van der Waals surface area contributed by atoms with Crippen molar-refractivity contribution >= 4 is 81.5 Å². The number of rotatable bonds is 8. The van der Waals surface area contributed by atoms with Crippen LogP contribution in [-0.2, 0) is 60.8 Å². The van der Waals surface area contributed by atoms with Crippen molar-refractivity contribution in [2.45, 2.75) is 119 Å². The summed E-state index contributed by atoms with van der Waals surface area (Å²) in [6.45, 7) is 3.35. The Balaban J connectivity index is 1.51. The minimum absolute atomic E-state index is 0.222. The number of hydrogen-bond acceptors (Lipinski definition) is 15. The molecule has 1 saturated heterocycles. The van der Waals surface area contributed by atoms with E-state index in [1.807, 2.05) is 0 Å². The van der Waals surface area contributed by atoms with E-state index >= 15 is 0 Å². The second-order valence-electron chi connectivity index (χ2n) is 17.6. The normalized spacial score (nSPS) is 28.8. The second kappa shape index (κ2) is 20.2. The molecule has 5 heterocycles. The molecule has 0 spiro atoms. The summed E-state index contributed by atoms with van der Waals surface area (Å²) >= 11 is 0.998. The van der Waals surface area contributed by atoms with Crippen molar-refractivity contribution < 1.29 is 68.4 Å². The molecule has 23 heteroatoms. The highest BCUT2D eigenvalue weighted by molar-refractivity contribution is 7.99. The molecule has 4 aliphatic rings. The van der Waals surface area contributed by atoms with Gasteiger partial charge >= 0.3 is 0 Å². The number of carbonyl (C=O) groups is 10. The zero-order valence-corrected chi connectivity index (χ0v) is 37.4. The summed E-state index contributed by atoms with van der Waals surface area (Å²) < 4.78 is 0. The molecule has 66 heavy (non-hydrogen) atoms. The Labute approximate surface area is 382 Å². The minimum Gasteiger partial charge on any atom is -0.393 e. The first-order chi connectivity index (χ1) is 31.0. The summed E-state index contributed by atoms with van der Waals surface area (Å²) in [5, 5.41) is 55.7. The second-order valence-corrected chi connectivity index (χ2v) is 18.6. The van der Waals surface area contributed by atoms with Crippen LogP contribution < -0.4 is 26.6 Å². The molecule has 356 valence electrons. The number of aliphatic hydroxyl groups excluding tert-OH is 3. The number of H-pyrrole nitrogens is 1. The Hall–Kier alpha value is -6.01. The highest BCUT2D eigenvalue weighted by atomic mass is 32.2. The van der Waals surface area contributed by atoms with Gasteiger partial charge in [-0.1, -0.05) is 6.07 Å². The van der Waals surface area contributed by atoms with Gasteiger partial charge in [0.05, 0.1) is 42.0 Å². The van der Waals surface area contributed by atoms with E-state index in [2.05, 4.69) is 31.6 Å². The summed E-state index contributed by atoms with van der Waals surface area (Å²) in [5.74, 6) is -9.53. The monoisotopic (exact) mass is 938 g/mol. The molecule has 8 amide bonds. The number of nitrogens with one attached hydrogen (secondary N) is 6. The van der Waals surface area contributed by atoms with E-state index in [0.29, 0.717) is 27.1 Å². The van der Waals surface area contributed by atoms with Crippen LogP contribution in [0.5, 0.6) is 0 Å². The van der Waals surface area contributed by atoms with Crippen molar-refractivity contribution in [2.24, 2.45) is 5.92 Å². The summed E-state index contributed by atoms with van der Waals surface area (Å²) in [4.78, 5) is 141. The molecule has 4 aliphatic heterocycles. The number of amides is 8. The third-order valence-electron chi connectivity index (χ3n) is 12.0. The molecule has 2 unspecified atom stereocenters. The molecule has 22 nitrogen and oxygen atoms in total. The lowest BCUT2D eigenvalue weighted by Gasteiger charge is -2.31. The van der Waals surface area contributed by atoms with Gasteiger partial charge in [0.15, 0.2) is 11.6 Å². The van der Waals surface area contributed by atoms with Crippen LogP contribution in [0.3, 0.4) is 0 Å². The van der Waals surface area contributed by atoms with Gasteiger partial charge in [0.2, 0.25) is 35.4 Å². The first-order valence-electron chi connectivity index (χ1n) is 21.4. The van der Waals surface area contributed by atoms with Gasteiger partial charge in [-0.3, -0.25) is 52.8 Å². The molecular weight excluding hydrogens is 885 g/mol. The summed E-state index contributed by atoms with van der Waals surface area (Å²) in [5.41, 5.74) is -0.670. The fourth-order valence-corrected chi connectivity index (χ4v) is 9.35.